The molecule has 0 saturated carbocycles. The summed E-state index contributed by atoms with van der Waals surface area (Å²) in [6.45, 7) is 0.319. The molecule has 0 fully saturated rings. The van der Waals surface area contributed by atoms with Gasteiger partial charge in [0.2, 0.25) is 0 Å². The van der Waals surface area contributed by atoms with Crippen LogP contribution in [0.3, 0.4) is 0 Å². The van der Waals surface area contributed by atoms with Gasteiger partial charge in [-0.15, -0.1) is 0 Å². The Hall–Kier alpha value is -2.07. The predicted octanol–water partition coefficient (Wildman–Crippen LogP) is 2.03. The van der Waals surface area contributed by atoms with Crippen molar-refractivity contribution in [2.45, 2.75) is 6.54 Å². The van der Waals surface area contributed by atoms with Crippen LogP contribution < -0.4 is 0 Å². The van der Waals surface area contributed by atoms with Crippen LogP contribution in [0.15, 0.2) is 27.9 Å². The zero-order valence-electron chi connectivity index (χ0n) is 6.58. The average Bonchev–Trinajstić information content (AvgIpc) is 2.61. The van der Waals surface area contributed by atoms with E-state index < -0.39 is 0 Å². The van der Waals surface area contributed by atoms with Gasteiger partial charge in [-0.05, 0) is 33.5 Å². The van der Waals surface area contributed by atoms with E-state index in [1.54, 1.807) is 12.1 Å². The Morgan fingerprint density at radius 3 is 3.08 bits per heavy atom. The third-order valence-corrected chi connectivity index (χ3v) is 1.63. The lowest BCUT2D eigenvalue weighted by Crippen LogP contribution is -1.79. The first kappa shape index (κ1) is 7.57. The Labute approximate surface area is 72.7 Å². The molecule has 6 heteroatoms. The molecule has 0 radical (unpaired) electrons. The van der Waals surface area contributed by atoms with Crippen molar-refractivity contribution in [1.29, 1.82) is 0 Å². The molecule has 0 bridgehead atoms. The highest BCUT2D eigenvalue weighted by atomic mass is 16.6. The first-order valence-corrected chi connectivity index (χ1v) is 3.62. The van der Waals surface area contributed by atoms with Crippen LogP contribution in [0.4, 0.5) is 0 Å². The minimum Gasteiger partial charge on any atom is -0.243 e. The second-order valence-corrected chi connectivity index (χ2v) is 2.48. The van der Waals surface area contributed by atoms with E-state index in [9.17, 15) is 0 Å². The van der Waals surface area contributed by atoms with Crippen LogP contribution in [-0.2, 0) is 6.54 Å². The molecule has 13 heavy (non-hydrogen) atoms. The Kier molecular flexibility index (Phi) is 1.82. The Morgan fingerprint density at radius 1 is 1.38 bits per heavy atom. The van der Waals surface area contributed by atoms with E-state index in [-0.39, 0.29) is 0 Å². The lowest BCUT2D eigenvalue weighted by Gasteiger charge is -1.91. The fraction of sp³-hybridized carbons (Fsp3) is 0.143. The summed E-state index contributed by atoms with van der Waals surface area (Å²) < 4.78 is 4.52. The monoisotopic (exact) mass is 175 g/mol. The molecule has 0 aliphatic heterocycles. The highest BCUT2D eigenvalue weighted by Gasteiger charge is 1.99. The van der Waals surface area contributed by atoms with E-state index >= 15 is 0 Å². The molecule has 0 spiro atoms. The van der Waals surface area contributed by atoms with Gasteiger partial charge in [-0.1, -0.05) is 11.2 Å². The van der Waals surface area contributed by atoms with Gasteiger partial charge in [0.1, 0.15) is 11.0 Å². The zero-order valence-corrected chi connectivity index (χ0v) is 6.58. The van der Waals surface area contributed by atoms with Gasteiger partial charge in [-0.3, -0.25) is 0 Å². The minimum atomic E-state index is 0.319. The maximum absolute atomic E-state index is 8.11. The van der Waals surface area contributed by atoms with Gasteiger partial charge >= 0.3 is 0 Å². The summed E-state index contributed by atoms with van der Waals surface area (Å²) in [4.78, 5) is 2.66. The lowest BCUT2D eigenvalue weighted by atomic mass is 10.2. The van der Waals surface area contributed by atoms with Gasteiger partial charge < -0.3 is 0 Å². The topological polar surface area (TPSA) is 87.7 Å². The summed E-state index contributed by atoms with van der Waals surface area (Å²) in [6.07, 6.45) is 0. The van der Waals surface area contributed by atoms with Crippen LogP contribution in [0.2, 0.25) is 0 Å². The molecule has 2 aromatic rings. The van der Waals surface area contributed by atoms with Gasteiger partial charge in [0.25, 0.3) is 0 Å². The normalized spacial score (nSPS) is 9.85. The van der Waals surface area contributed by atoms with Gasteiger partial charge in [-0.2, -0.15) is 0 Å². The number of hydrogen-bond acceptors (Lipinski definition) is 4. The highest BCUT2D eigenvalue weighted by molar-refractivity contribution is 5.73. The van der Waals surface area contributed by atoms with E-state index in [0.717, 1.165) is 5.56 Å². The highest BCUT2D eigenvalue weighted by Crippen LogP contribution is 2.12. The van der Waals surface area contributed by atoms with Crippen LogP contribution in [0.5, 0.6) is 0 Å². The van der Waals surface area contributed by atoms with Crippen LogP contribution >= 0.6 is 0 Å². The maximum atomic E-state index is 8.11. The molecule has 0 unspecified atom stereocenters. The van der Waals surface area contributed by atoms with Crippen molar-refractivity contribution in [3.63, 3.8) is 0 Å². The number of hydrogen-bond donors (Lipinski definition) is 0. The quantitative estimate of drug-likeness (QED) is 0.397. The molecular formula is C7H5N5O. The largest absolute Gasteiger partial charge is 0.243 e. The SMILES string of the molecule is [N-]=[N+]=NCc1ccc2nonc2c1. The Balaban J connectivity index is 2.42. The third-order valence-electron chi connectivity index (χ3n) is 1.63. The average molecular weight is 175 g/mol. The molecule has 0 aliphatic rings. The Bertz CT molecular complexity index is 470. The number of nitrogens with zero attached hydrogens (tertiary/aromatic N) is 5. The van der Waals surface area contributed by atoms with Crippen LogP contribution in [0.1, 0.15) is 5.56 Å². The molecular weight excluding hydrogens is 170 g/mol. The smallest absolute Gasteiger partial charge is 0.135 e. The molecule has 1 aromatic heterocycles. The van der Waals surface area contributed by atoms with Crippen molar-refractivity contribution < 1.29 is 4.63 Å². The van der Waals surface area contributed by atoms with Gasteiger partial charge in [-0.25, -0.2) is 4.63 Å². The van der Waals surface area contributed by atoms with E-state index in [0.29, 0.717) is 17.6 Å². The number of fused-ring (bicyclic) bond motifs is 1. The lowest BCUT2D eigenvalue weighted by molar-refractivity contribution is 0.315. The standard InChI is InChI=1S/C7H5N5O/c8-12-9-4-5-1-2-6-7(3-5)11-13-10-6/h1-3H,4H2. The second-order valence-electron chi connectivity index (χ2n) is 2.48. The van der Waals surface area contributed by atoms with Crippen LogP contribution in [0.25, 0.3) is 21.5 Å². The van der Waals surface area contributed by atoms with Crippen molar-refractivity contribution in [2.75, 3.05) is 0 Å². The molecule has 0 aliphatic carbocycles. The summed E-state index contributed by atoms with van der Waals surface area (Å²) >= 11 is 0. The number of azide groups is 1. The van der Waals surface area contributed by atoms with E-state index in [2.05, 4.69) is 25.0 Å². The van der Waals surface area contributed by atoms with Gasteiger partial charge in [0.15, 0.2) is 0 Å². The maximum Gasteiger partial charge on any atom is 0.135 e. The summed E-state index contributed by atoms with van der Waals surface area (Å²) in [7, 11) is 0. The molecule has 0 saturated heterocycles. The predicted molar refractivity (Wildman–Crippen MR) is 44.7 cm³/mol. The van der Waals surface area contributed by atoms with E-state index in [4.69, 9.17) is 5.53 Å². The fourth-order valence-electron chi connectivity index (χ4n) is 1.04. The molecule has 64 valence electrons. The van der Waals surface area contributed by atoms with Crippen molar-refractivity contribution in [2.24, 2.45) is 5.11 Å². The molecule has 1 heterocycles. The fourth-order valence-corrected chi connectivity index (χ4v) is 1.04. The molecule has 0 atom stereocenters. The van der Waals surface area contributed by atoms with Crippen molar-refractivity contribution >= 4 is 11.0 Å². The Morgan fingerprint density at radius 2 is 2.23 bits per heavy atom. The van der Waals surface area contributed by atoms with Crippen molar-refractivity contribution in [3.8, 4) is 0 Å². The third kappa shape index (κ3) is 1.43. The zero-order chi connectivity index (χ0) is 9.10. The first-order chi connectivity index (χ1) is 6.40. The molecule has 1 aromatic carbocycles. The number of benzene rings is 1. The summed E-state index contributed by atoms with van der Waals surface area (Å²) in [5, 5.41) is 10.8. The van der Waals surface area contributed by atoms with Crippen LogP contribution in [0, 0.1) is 0 Å². The molecule has 0 N–H and O–H groups in total. The van der Waals surface area contributed by atoms with Crippen molar-refractivity contribution in [3.05, 3.63) is 34.2 Å². The second kappa shape index (κ2) is 3.12. The number of rotatable bonds is 2. The first-order valence-electron chi connectivity index (χ1n) is 3.62. The van der Waals surface area contributed by atoms with E-state index in [1.165, 1.54) is 0 Å². The summed E-state index contributed by atoms with van der Waals surface area (Å²) in [5.74, 6) is 0. The minimum absolute atomic E-state index is 0.319. The molecule has 2 rings (SSSR count). The summed E-state index contributed by atoms with van der Waals surface area (Å²) in [6, 6.07) is 5.37. The van der Waals surface area contributed by atoms with E-state index in [1.807, 2.05) is 6.07 Å². The van der Waals surface area contributed by atoms with Gasteiger partial charge in [0.05, 0.1) is 6.54 Å². The number of aromatic nitrogens is 2. The van der Waals surface area contributed by atoms with Crippen LogP contribution in [-0.4, -0.2) is 10.3 Å². The van der Waals surface area contributed by atoms with Gasteiger partial charge in [0, 0.05) is 4.91 Å². The molecule has 0 amide bonds. The molecule has 6 nitrogen and oxygen atoms in total. The van der Waals surface area contributed by atoms with Crippen molar-refractivity contribution in [1.82, 2.24) is 10.3 Å². The summed E-state index contributed by atoms with van der Waals surface area (Å²) in [5.41, 5.74) is 10.4.